The van der Waals surface area contributed by atoms with Gasteiger partial charge in [-0.05, 0) is 48.5 Å². The predicted octanol–water partition coefficient (Wildman–Crippen LogP) is 6.03. The van der Waals surface area contributed by atoms with E-state index in [4.69, 9.17) is 0 Å². The van der Waals surface area contributed by atoms with Crippen molar-refractivity contribution in [2.45, 2.75) is 6.61 Å². The third kappa shape index (κ3) is 4.24. The number of hydrogen-bond acceptors (Lipinski definition) is 5. The molecule has 5 rings (SSSR count). The second-order valence-corrected chi connectivity index (χ2v) is 7.00. The fourth-order valence-electron chi connectivity index (χ4n) is 3.35. The first-order valence-electron chi connectivity index (χ1n) is 9.83. The second kappa shape index (κ2) is 8.43. The molecule has 0 atom stereocenters. The molecule has 2 aromatic carbocycles. The first kappa shape index (κ1) is 19.6. The maximum absolute atomic E-state index is 12.5. The number of H-pyrrole nitrogens is 1. The molecule has 0 fully saturated rings. The number of imidazole rings is 1. The molecule has 0 saturated heterocycles. The molecule has 0 unspecified atom stereocenters. The smallest absolute Gasteiger partial charge is 0.387 e. The maximum atomic E-state index is 12.5. The number of aromatic amines is 1. The average Bonchev–Trinajstić information content (AvgIpc) is 3.24. The van der Waals surface area contributed by atoms with Gasteiger partial charge in [0.2, 0.25) is 0 Å². The molecule has 0 amide bonds. The Morgan fingerprint density at radius 1 is 0.875 bits per heavy atom. The molecule has 5 aromatic rings. The summed E-state index contributed by atoms with van der Waals surface area (Å²) in [5.41, 5.74) is 4.74. The van der Waals surface area contributed by atoms with E-state index in [0.29, 0.717) is 22.7 Å². The van der Waals surface area contributed by atoms with Crippen molar-refractivity contribution in [2.75, 3.05) is 5.32 Å². The van der Waals surface area contributed by atoms with Crippen LogP contribution in [0.25, 0.3) is 33.7 Å². The third-order valence-corrected chi connectivity index (χ3v) is 4.81. The Bertz CT molecular complexity index is 1350. The Hall–Kier alpha value is -4.33. The SMILES string of the molecule is FC(F)Oc1ccc2nc(-c3cccc(Nc4ccc(-c5ccccn5)cn4)c3)[nH]c2c1. The van der Waals surface area contributed by atoms with Crippen LogP contribution in [0.2, 0.25) is 0 Å². The molecule has 158 valence electrons. The molecule has 0 bridgehead atoms. The van der Waals surface area contributed by atoms with E-state index >= 15 is 0 Å². The molecule has 3 aromatic heterocycles. The highest BCUT2D eigenvalue weighted by atomic mass is 19.3. The van der Waals surface area contributed by atoms with Gasteiger partial charge in [0.05, 0.1) is 16.7 Å². The molecule has 6 nitrogen and oxygen atoms in total. The van der Waals surface area contributed by atoms with E-state index in [-0.39, 0.29) is 5.75 Å². The van der Waals surface area contributed by atoms with Gasteiger partial charge in [0.15, 0.2) is 0 Å². The van der Waals surface area contributed by atoms with E-state index in [1.165, 1.54) is 12.1 Å². The monoisotopic (exact) mass is 429 g/mol. The van der Waals surface area contributed by atoms with Gasteiger partial charge < -0.3 is 15.0 Å². The summed E-state index contributed by atoms with van der Waals surface area (Å²) in [6, 6.07) is 21.9. The summed E-state index contributed by atoms with van der Waals surface area (Å²) in [5.74, 6) is 1.40. The third-order valence-electron chi connectivity index (χ3n) is 4.81. The standard InChI is InChI=1S/C24H17F2N5O/c25-24(26)32-18-8-9-20-21(13-18)31-23(30-20)15-4-3-5-17(12-15)29-22-10-7-16(14-28-22)19-6-1-2-11-27-19/h1-14,24H,(H,28,29)(H,30,31). The van der Waals surface area contributed by atoms with Crippen LogP contribution in [0.1, 0.15) is 0 Å². The van der Waals surface area contributed by atoms with Crippen LogP contribution in [-0.2, 0) is 0 Å². The zero-order valence-electron chi connectivity index (χ0n) is 16.7. The first-order valence-corrected chi connectivity index (χ1v) is 9.83. The van der Waals surface area contributed by atoms with Crippen molar-refractivity contribution in [3.8, 4) is 28.4 Å². The van der Waals surface area contributed by atoms with Crippen molar-refractivity contribution in [3.05, 3.63) is 85.2 Å². The van der Waals surface area contributed by atoms with E-state index in [9.17, 15) is 8.78 Å². The lowest BCUT2D eigenvalue weighted by Crippen LogP contribution is -2.01. The zero-order valence-corrected chi connectivity index (χ0v) is 16.7. The van der Waals surface area contributed by atoms with E-state index in [2.05, 4.69) is 30.0 Å². The average molecular weight is 429 g/mol. The van der Waals surface area contributed by atoms with Crippen LogP contribution < -0.4 is 10.1 Å². The van der Waals surface area contributed by atoms with Gasteiger partial charge in [0.25, 0.3) is 0 Å². The van der Waals surface area contributed by atoms with Crippen molar-refractivity contribution < 1.29 is 13.5 Å². The van der Waals surface area contributed by atoms with Crippen molar-refractivity contribution >= 4 is 22.5 Å². The number of anilines is 2. The van der Waals surface area contributed by atoms with Gasteiger partial charge in [-0.15, -0.1) is 0 Å². The number of nitrogens with one attached hydrogen (secondary N) is 2. The minimum atomic E-state index is -2.87. The zero-order chi connectivity index (χ0) is 21.9. The molecule has 2 N–H and O–H groups in total. The Balaban J connectivity index is 1.36. The summed E-state index contributed by atoms with van der Waals surface area (Å²) in [6.45, 7) is -2.87. The van der Waals surface area contributed by atoms with Crippen LogP contribution in [0, 0.1) is 0 Å². The minimum absolute atomic E-state index is 0.0818. The fourth-order valence-corrected chi connectivity index (χ4v) is 3.35. The van der Waals surface area contributed by atoms with E-state index in [1.54, 1.807) is 18.5 Å². The Morgan fingerprint density at radius 2 is 1.81 bits per heavy atom. The lowest BCUT2D eigenvalue weighted by Gasteiger charge is -2.08. The summed E-state index contributed by atoms with van der Waals surface area (Å²) in [4.78, 5) is 16.5. The number of fused-ring (bicyclic) bond motifs is 1. The molecule has 8 heteroatoms. The van der Waals surface area contributed by atoms with E-state index in [1.807, 2.05) is 54.6 Å². The molecular formula is C24H17F2N5O. The number of alkyl halides is 2. The second-order valence-electron chi connectivity index (χ2n) is 7.00. The Morgan fingerprint density at radius 3 is 2.59 bits per heavy atom. The molecule has 3 heterocycles. The summed E-state index contributed by atoms with van der Waals surface area (Å²) < 4.78 is 29.4. The fraction of sp³-hybridized carbons (Fsp3) is 0.0417. The molecule has 0 saturated carbocycles. The number of nitrogens with zero attached hydrogens (tertiary/aromatic N) is 3. The minimum Gasteiger partial charge on any atom is -0.435 e. The summed E-state index contributed by atoms with van der Waals surface area (Å²) >= 11 is 0. The molecule has 0 aliphatic heterocycles. The lowest BCUT2D eigenvalue weighted by atomic mass is 10.2. The van der Waals surface area contributed by atoms with Crippen molar-refractivity contribution in [1.29, 1.82) is 0 Å². The van der Waals surface area contributed by atoms with Crippen molar-refractivity contribution in [2.24, 2.45) is 0 Å². The quantitative estimate of drug-likeness (QED) is 0.345. The topological polar surface area (TPSA) is 75.7 Å². The van der Waals surface area contributed by atoms with Crippen LogP contribution in [0.5, 0.6) is 5.75 Å². The number of halogens is 2. The van der Waals surface area contributed by atoms with Gasteiger partial charge >= 0.3 is 6.61 Å². The normalized spacial score (nSPS) is 11.1. The highest BCUT2D eigenvalue weighted by Crippen LogP contribution is 2.27. The number of benzene rings is 2. The number of pyridine rings is 2. The summed E-state index contributed by atoms with van der Waals surface area (Å²) in [5, 5.41) is 3.28. The highest BCUT2D eigenvalue weighted by molar-refractivity contribution is 5.81. The van der Waals surface area contributed by atoms with Gasteiger partial charge in [-0.3, -0.25) is 4.98 Å². The summed E-state index contributed by atoms with van der Waals surface area (Å²) in [7, 11) is 0. The largest absolute Gasteiger partial charge is 0.435 e. The number of aromatic nitrogens is 4. The van der Waals surface area contributed by atoms with Gasteiger partial charge in [-0.25, -0.2) is 9.97 Å². The molecular weight excluding hydrogens is 412 g/mol. The van der Waals surface area contributed by atoms with Gasteiger partial charge in [0, 0.05) is 35.3 Å². The molecule has 0 spiro atoms. The Labute approximate surface area is 182 Å². The van der Waals surface area contributed by atoms with E-state index < -0.39 is 6.61 Å². The maximum Gasteiger partial charge on any atom is 0.387 e. The van der Waals surface area contributed by atoms with Crippen LogP contribution in [0.3, 0.4) is 0 Å². The first-order chi connectivity index (χ1) is 15.6. The number of rotatable bonds is 6. The molecule has 32 heavy (non-hydrogen) atoms. The van der Waals surface area contributed by atoms with Gasteiger partial charge in [0.1, 0.15) is 17.4 Å². The molecule has 0 radical (unpaired) electrons. The summed E-state index contributed by atoms with van der Waals surface area (Å²) in [6.07, 6.45) is 3.52. The van der Waals surface area contributed by atoms with Crippen LogP contribution >= 0.6 is 0 Å². The van der Waals surface area contributed by atoms with Crippen LogP contribution in [-0.4, -0.2) is 26.5 Å². The highest BCUT2D eigenvalue weighted by Gasteiger charge is 2.10. The molecule has 0 aliphatic rings. The van der Waals surface area contributed by atoms with Gasteiger partial charge in [-0.1, -0.05) is 18.2 Å². The molecule has 0 aliphatic carbocycles. The predicted molar refractivity (Wildman–Crippen MR) is 119 cm³/mol. The lowest BCUT2D eigenvalue weighted by molar-refractivity contribution is -0.0497. The number of hydrogen-bond donors (Lipinski definition) is 2. The van der Waals surface area contributed by atoms with Crippen LogP contribution in [0.4, 0.5) is 20.3 Å². The van der Waals surface area contributed by atoms with Crippen molar-refractivity contribution in [1.82, 2.24) is 19.9 Å². The van der Waals surface area contributed by atoms with Crippen molar-refractivity contribution in [3.63, 3.8) is 0 Å². The van der Waals surface area contributed by atoms with Crippen LogP contribution in [0.15, 0.2) is 85.2 Å². The van der Waals surface area contributed by atoms with E-state index in [0.717, 1.165) is 22.5 Å². The number of ether oxygens (including phenoxy) is 1. The Kier molecular flexibility index (Phi) is 5.17. The van der Waals surface area contributed by atoms with Gasteiger partial charge in [-0.2, -0.15) is 8.78 Å².